The van der Waals surface area contributed by atoms with Crippen LogP contribution in [0.25, 0.3) is 0 Å². The quantitative estimate of drug-likeness (QED) is 0.287. The Bertz CT molecular complexity index is 347. The van der Waals surface area contributed by atoms with Crippen molar-refractivity contribution in [1.82, 2.24) is 4.90 Å². The number of carboxylic acids is 1. The molecule has 0 atom stereocenters. The lowest BCUT2D eigenvalue weighted by atomic mass is 10.0. The first kappa shape index (κ1) is 29.1. The zero-order valence-corrected chi connectivity index (χ0v) is 19.0. The highest BCUT2D eigenvalue weighted by molar-refractivity contribution is 5.75. The number of aliphatic carboxylic acids is 1. The van der Waals surface area contributed by atoms with Gasteiger partial charge in [0.2, 0.25) is 5.91 Å². The fourth-order valence-corrected chi connectivity index (χ4v) is 2.99. The first-order valence-corrected chi connectivity index (χ1v) is 11.6. The third kappa shape index (κ3) is 27.1. The highest BCUT2D eigenvalue weighted by Crippen LogP contribution is 2.13. The van der Waals surface area contributed by atoms with Gasteiger partial charge in [0.15, 0.2) is 0 Å². The molecule has 0 aromatic heterocycles. The van der Waals surface area contributed by atoms with Gasteiger partial charge in [-0.25, -0.2) is 0 Å². The highest BCUT2D eigenvalue weighted by atomic mass is 16.4. The normalized spacial score (nSPS) is 10.3. The number of nitrogens with two attached hydrogens (primary N) is 1. The van der Waals surface area contributed by atoms with Crippen LogP contribution in [0.4, 0.5) is 0 Å². The van der Waals surface area contributed by atoms with E-state index >= 15 is 0 Å². The number of unbranched alkanes of at least 4 members (excludes halogenated alkanes) is 14. The fourth-order valence-electron chi connectivity index (χ4n) is 2.99. The smallest absolute Gasteiger partial charge is 0.303 e. The number of carbonyl (C=O) groups excluding carboxylic acids is 1. The Morgan fingerprint density at radius 1 is 0.679 bits per heavy atom. The van der Waals surface area contributed by atoms with Gasteiger partial charge >= 0.3 is 5.97 Å². The molecule has 0 aromatic carbocycles. The van der Waals surface area contributed by atoms with E-state index in [0.29, 0.717) is 19.4 Å². The SMILES string of the molecule is CCCCCCCCCCCCCCCCCC(=O)O.CN(C)C(=O)CCN. The van der Waals surface area contributed by atoms with E-state index in [1.807, 2.05) is 0 Å². The van der Waals surface area contributed by atoms with Crippen LogP contribution in [-0.2, 0) is 9.59 Å². The molecule has 0 rings (SSSR count). The summed E-state index contributed by atoms with van der Waals surface area (Å²) in [6.07, 6.45) is 20.7. The maximum atomic E-state index is 10.6. The van der Waals surface area contributed by atoms with Gasteiger partial charge in [-0.15, -0.1) is 0 Å². The number of amides is 1. The van der Waals surface area contributed by atoms with Crippen molar-refractivity contribution in [1.29, 1.82) is 0 Å². The molecule has 0 unspecified atom stereocenters. The van der Waals surface area contributed by atoms with Crippen LogP contribution in [0.1, 0.15) is 116 Å². The van der Waals surface area contributed by atoms with E-state index in [2.05, 4.69) is 6.92 Å². The van der Waals surface area contributed by atoms with Crippen molar-refractivity contribution in [2.24, 2.45) is 5.73 Å². The molecular weight excluding hydrogens is 352 g/mol. The molecule has 0 spiro atoms. The van der Waals surface area contributed by atoms with Crippen molar-refractivity contribution in [3.63, 3.8) is 0 Å². The number of carbonyl (C=O) groups is 2. The summed E-state index contributed by atoms with van der Waals surface area (Å²) in [7, 11) is 3.44. The Balaban J connectivity index is 0. The molecule has 0 bridgehead atoms. The minimum atomic E-state index is -0.653. The van der Waals surface area contributed by atoms with Crippen LogP contribution in [0.2, 0.25) is 0 Å². The minimum Gasteiger partial charge on any atom is -0.481 e. The number of carboxylic acid groups (broad SMARTS) is 1. The minimum absolute atomic E-state index is 0.0903. The zero-order valence-electron chi connectivity index (χ0n) is 19.0. The van der Waals surface area contributed by atoms with Crippen molar-refractivity contribution in [2.45, 2.75) is 116 Å². The standard InChI is InChI=1S/C18H36O2.C5H12N2O/c1-2-3-4-5-6-7-8-9-10-11-12-13-14-15-16-17-18(19)20;1-7(2)5(8)3-4-6/h2-17H2,1H3,(H,19,20);3-4,6H2,1-2H3. The van der Waals surface area contributed by atoms with E-state index in [0.717, 1.165) is 12.8 Å². The number of rotatable bonds is 18. The number of nitrogens with zero attached hydrogens (tertiary/aromatic N) is 1. The molecule has 1 amide bonds. The summed E-state index contributed by atoms with van der Waals surface area (Å²) in [4.78, 5) is 22.5. The molecule has 0 aliphatic heterocycles. The molecular formula is C23H48N2O3. The van der Waals surface area contributed by atoms with E-state index in [1.54, 1.807) is 14.1 Å². The lowest BCUT2D eigenvalue weighted by molar-refractivity contribution is -0.137. The molecule has 5 nitrogen and oxygen atoms in total. The molecule has 0 radical (unpaired) electrons. The maximum Gasteiger partial charge on any atom is 0.303 e. The summed E-state index contributed by atoms with van der Waals surface area (Å²) in [6.45, 7) is 2.71. The van der Waals surface area contributed by atoms with Crippen molar-refractivity contribution in [2.75, 3.05) is 20.6 Å². The van der Waals surface area contributed by atoms with Gasteiger partial charge in [0.05, 0.1) is 0 Å². The van der Waals surface area contributed by atoms with Gasteiger partial charge in [-0.2, -0.15) is 0 Å². The zero-order chi connectivity index (χ0) is 21.5. The lowest BCUT2D eigenvalue weighted by Crippen LogP contribution is -2.23. The van der Waals surface area contributed by atoms with E-state index in [-0.39, 0.29) is 5.91 Å². The van der Waals surface area contributed by atoms with Gasteiger partial charge in [0.1, 0.15) is 0 Å². The van der Waals surface area contributed by atoms with E-state index in [1.165, 1.54) is 88.4 Å². The highest BCUT2D eigenvalue weighted by Gasteiger charge is 1.99. The monoisotopic (exact) mass is 400 g/mol. The molecule has 0 aliphatic rings. The third-order valence-corrected chi connectivity index (χ3v) is 4.85. The maximum absolute atomic E-state index is 10.6. The molecule has 0 saturated carbocycles. The second kappa shape index (κ2) is 23.9. The summed E-state index contributed by atoms with van der Waals surface area (Å²) in [5.41, 5.74) is 5.12. The second-order valence-electron chi connectivity index (χ2n) is 7.92. The van der Waals surface area contributed by atoms with Crippen LogP contribution < -0.4 is 5.73 Å². The van der Waals surface area contributed by atoms with Gasteiger partial charge < -0.3 is 15.7 Å². The third-order valence-electron chi connectivity index (χ3n) is 4.85. The van der Waals surface area contributed by atoms with Crippen molar-refractivity contribution in [3.8, 4) is 0 Å². The van der Waals surface area contributed by atoms with Gasteiger partial charge in [0, 0.05) is 33.5 Å². The molecule has 0 heterocycles. The molecule has 0 fully saturated rings. The Hall–Kier alpha value is -1.10. The Labute approximate surface area is 174 Å². The van der Waals surface area contributed by atoms with Gasteiger partial charge in [-0.05, 0) is 6.42 Å². The molecule has 3 N–H and O–H groups in total. The largest absolute Gasteiger partial charge is 0.481 e. The van der Waals surface area contributed by atoms with Crippen molar-refractivity contribution < 1.29 is 14.7 Å². The van der Waals surface area contributed by atoms with E-state index in [4.69, 9.17) is 10.8 Å². The van der Waals surface area contributed by atoms with Crippen molar-refractivity contribution in [3.05, 3.63) is 0 Å². The Kier molecular flexibility index (Phi) is 24.9. The molecule has 168 valence electrons. The van der Waals surface area contributed by atoms with Crippen molar-refractivity contribution >= 4 is 11.9 Å². The van der Waals surface area contributed by atoms with Crippen LogP contribution in [0.15, 0.2) is 0 Å². The number of hydrogen-bond acceptors (Lipinski definition) is 3. The van der Waals surface area contributed by atoms with Crippen LogP contribution in [0.3, 0.4) is 0 Å². The summed E-state index contributed by atoms with van der Waals surface area (Å²) in [5, 5.41) is 8.52. The summed E-state index contributed by atoms with van der Waals surface area (Å²) >= 11 is 0. The van der Waals surface area contributed by atoms with E-state index in [9.17, 15) is 9.59 Å². The predicted octanol–water partition coefficient (Wildman–Crippen LogP) is 5.76. The number of hydrogen-bond donors (Lipinski definition) is 2. The van der Waals surface area contributed by atoms with Crippen LogP contribution in [-0.4, -0.2) is 42.5 Å². The predicted molar refractivity (Wildman–Crippen MR) is 120 cm³/mol. The lowest BCUT2D eigenvalue weighted by Gasteiger charge is -2.07. The first-order valence-electron chi connectivity index (χ1n) is 11.6. The van der Waals surface area contributed by atoms with E-state index < -0.39 is 5.97 Å². The first-order chi connectivity index (χ1) is 13.5. The Morgan fingerprint density at radius 3 is 1.29 bits per heavy atom. The summed E-state index contributed by atoms with van der Waals surface area (Å²) in [5.74, 6) is -0.563. The van der Waals surface area contributed by atoms with Gasteiger partial charge in [0.25, 0.3) is 0 Å². The van der Waals surface area contributed by atoms with Crippen LogP contribution in [0, 0.1) is 0 Å². The molecule has 0 aliphatic carbocycles. The van der Waals surface area contributed by atoms with Crippen LogP contribution >= 0.6 is 0 Å². The summed E-state index contributed by atoms with van der Waals surface area (Å²) in [6, 6.07) is 0. The van der Waals surface area contributed by atoms with Gasteiger partial charge in [-0.3, -0.25) is 9.59 Å². The topological polar surface area (TPSA) is 83.6 Å². The average molecular weight is 401 g/mol. The molecule has 28 heavy (non-hydrogen) atoms. The average Bonchev–Trinajstić information content (AvgIpc) is 2.65. The second-order valence-corrected chi connectivity index (χ2v) is 7.92. The molecule has 5 heteroatoms. The fraction of sp³-hybridized carbons (Fsp3) is 0.913. The Morgan fingerprint density at radius 2 is 1.04 bits per heavy atom. The molecule has 0 aromatic rings. The van der Waals surface area contributed by atoms with Gasteiger partial charge in [-0.1, -0.05) is 96.8 Å². The van der Waals surface area contributed by atoms with Crippen LogP contribution in [0.5, 0.6) is 0 Å². The molecule has 0 saturated heterocycles. The summed E-state index contributed by atoms with van der Waals surface area (Å²) < 4.78 is 0.